The summed E-state index contributed by atoms with van der Waals surface area (Å²) < 4.78 is 12.7. The number of hydrogen-bond donors (Lipinski definition) is 0. The van der Waals surface area contributed by atoms with Crippen LogP contribution in [0.5, 0.6) is 0 Å². The van der Waals surface area contributed by atoms with Gasteiger partial charge in [0.1, 0.15) is 6.33 Å². The number of aromatic nitrogens is 2. The number of imidazole rings is 1. The Labute approximate surface area is 193 Å². The van der Waals surface area contributed by atoms with Gasteiger partial charge >= 0.3 is 6.09 Å². The molecule has 7 heteroatoms. The number of piperazine rings is 1. The summed E-state index contributed by atoms with van der Waals surface area (Å²) in [5.74, 6) is 0. The number of anilines is 1. The van der Waals surface area contributed by atoms with Crippen LogP contribution in [0, 0.1) is 0 Å². The van der Waals surface area contributed by atoms with Crippen molar-refractivity contribution in [2.75, 3.05) is 37.7 Å². The topological polar surface area (TPSA) is 63.7 Å². The highest BCUT2D eigenvalue weighted by atomic mass is 16.6. The first-order chi connectivity index (χ1) is 16.2. The van der Waals surface area contributed by atoms with Gasteiger partial charge < -0.3 is 19.0 Å². The van der Waals surface area contributed by atoms with Gasteiger partial charge in [0.25, 0.3) is 0 Å². The van der Waals surface area contributed by atoms with Crippen LogP contribution in [0.3, 0.4) is 0 Å². The van der Waals surface area contributed by atoms with Gasteiger partial charge in [0.05, 0.1) is 30.2 Å². The van der Waals surface area contributed by atoms with Crippen LogP contribution in [0.25, 0.3) is 27.8 Å². The molecule has 2 aromatic heterocycles. The second-order valence-electron chi connectivity index (χ2n) is 8.29. The lowest BCUT2D eigenvalue weighted by Crippen LogP contribution is -2.49. The van der Waals surface area contributed by atoms with Crippen molar-refractivity contribution in [1.29, 1.82) is 0 Å². The molecular weight excluding hydrogens is 416 g/mol. The van der Waals surface area contributed by atoms with E-state index in [1.807, 2.05) is 12.4 Å². The number of furan rings is 1. The van der Waals surface area contributed by atoms with Gasteiger partial charge in [0.15, 0.2) is 0 Å². The summed E-state index contributed by atoms with van der Waals surface area (Å²) in [5.41, 5.74) is 6.33. The number of nitrogens with zero attached hydrogens (tertiary/aromatic N) is 4. The maximum absolute atomic E-state index is 12.2. The first-order valence-corrected chi connectivity index (χ1v) is 11.5. The van der Waals surface area contributed by atoms with Crippen LogP contribution in [-0.2, 0) is 4.74 Å². The molecule has 2 aromatic carbocycles. The Morgan fingerprint density at radius 3 is 2.67 bits per heavy atom. The molecule has 1 aliphatic rings. The van der Waals surface area contributed by atoms with Gasteiger partial charge in [0.2, 0.25) is 0 Å². The van der Waals surface area contributed by atoms with Crippen molar-refractivity contribution in [3.8, 4) is 16.8 Å². The zero-order valence-corrected chi connectivity index (χ0v) is 18.8. The van der Waals surface area contributed by atoms with Crippen LogP contribution in [0.2, 0.25) is 0 Å². The molecule has 0 radical (unpaired) electrons. The van der Waals surface area contributed by atoms with Crippen molar-refractivity contribution < 1.29 is 13.9 Å². The molecule has 33 heavy (non-hydrogen) atoms. The largest absolute Gasteiger partial charge is 0.472 e. The maximum atomic E-state index is 12.2. The first kappa shape index (κ1) is 21.1. The summed E-state index contributed by atoms with van der Waals surface area (Å²) in [5, 5.41) is 0. The summed E-state index contributed by atoms with van der Waals surface area (Å²) in [4.78, 5) is 21.0. The average molecular weight is 445 g/mol. The lowest BCUT2D eigenvalue weighted by molar-refractivity contribution is 0.0989. The molecule has 0 aliphatic carbocycles. The number of fused-ring (bicyclic) bond motifs is 1. The molecule has 1 fully saturated rings. The molecule has 7 nitrogen and oxygen atoms in total. The van der Waals surface area contributed by atoms with Gasteiger partial charge in [-0.2, -0.15) is 0 Å². The number of hydrogen-bond acceptors (Lipinski definition) is 5. The van der Waals surface area contributed by atoms with Crippen LogP contribution in [0.1, 0.15) is 19.8 Å². The predicted molar refractivity (Wildman–Crippen MR) is 129 cm³/mol. The molecule has 0 unspecified atom stereocenters. The molecule has 4 aromatic rings. The molecule has 0 N–H and O–H groups in total. The molecular formula is C26H28N4O3. The van der Waals surface area contributed by atoms with Crippen LogP contribution in [0.15, 0.2) is 71.8 Å². The fraction of sp³-hybridized carbons (Fsp3) is 0.308. The van der Waals surface area contributed by atoms with Gasteiger partial charge in [-0.25, -0.2) is 9.78 Å². The predicted octanol–water partition coefficient (Wildman–Crippen LogP) is 5.34. The Hall–Kier alpha value is -3.74. The number of rotatable bonds is 6. The molecule has 170 valence electrons. The summed E-state index contributed by atoms with van der Waals surface area (Å²) >= 11 is 0. The minimum absolute atomic E-state index is 0.198. The molecule has 0 bridgehead atoms. The minimum Gasteiger partial charge on any atom is -0.472 e. The van der Waals surface area contributed by atoms with Crippen molar-refractivity contribution >= 4 is 22.8 Å². The number of carbonyl (C=O) groups is 1. The van der Waals surface area contributed by atoms with E-state index in [0.29, 0.717) is 19.7 Å². The standard InChI is InChI=1S/C26H28N4O3/c1-2-3-14-33-26(31)29-12-10-28(11-13-29)22-5-4-6-23(17-22)30-19-27-24-16-20(7-8-25(24)30)21-9-15-32-18-21/h4-9,15-19H,2-3,10-14H2,1H3. The number of benzene rings is 2. The maximum Gasteiger partial charge on any atom is 0.409 e. The smallest absolute Gasteiger partial charge is 0.409 e. The van der Waals surface area contributed by atoms with Crippen molar-refractivity contribution in [1.82, 2.24) is 14.5 Å². The fourth-order valence-electron chi connectivity index (χ4n) is 4.21. The second-order valence-corrected chi connectivity index (χ2v) is 8.29. The first-order valence-electron chi connectivity index (χ1n) is 11.5. The summed E-state index contributed by atoms with van der Waals surface area (Å²) in [6, 6.07) is 16.7. The van der Waals surface area contributed by atoms with E-state index >= 15 is 0 Å². The molecule has 5 rings (SSSR count). The summed E-state index contributed by atoms with van der Waals surface area (Å²) in [6.07, 6.45) is 7.02. The number of unbranched alkanes of at least 4 members (excludes halogenated alkanes) is 1. The zero-order chi connectivity index (χ0) is 22.6. The Morgan fingerprint density at radius 1 is 1.03 bits per heavy atom. The highest BCUT2D eigenvalue weighted by molar-refractivity contribution is 5.83. The van der Waals surface area contributed by atoms with E-state index in [1.54, 1.807) is 17.4 Å². The SMILES string of the molecule is CCCCOC(=O)N1CCN(c2cccc(-n3cnc4cc(-c5ccoc5)ccc43)c2)CC1. The lowest BCUT2D eigenvalue weighted by atomic mass is 10.1. The third-order valence-electron chi connectivity index (χ3n) is 6.14. The van der Waals surface area contributed by atoms with E-state index in [0.717, 1.165) is 59.5 Å². The van der Waals surface area contributed by atoms with Crippen molar-refractivity contribution in [2.24, 2.45) is 0 Å². The second kappa shape index (κ2) is 9.40. The van der Waals surface area contributed by atoms with Gasteiger partial charge in [-0.15, -0.1) is 0 Å². The third kappa shape index (κ3) is 4.44. The highest BCUT2D eigenvalue weighted by Crippen LogP contribution is 2.27. The Kier molecular flexibility index (Phi) is 6.02. The van der Waals surface area contributed by atoms with Gasteiger partial charge in [-0.05, 0) is 48.4 Å². The molecule has 1 amide bonds. The van der Waals surface area contributed by atoms with E-state index in [2.05, 4.69) is 63.8 Å². The Bertz CT molecular complexity index is 1220. The van der Waals surface area contributed by atoms with Gasteiger partial charge in [0, 0.05) is 43.1 Å². The van der Waals surface area contributed by atoms with Crippen LogP contribution < -0.4 is 4.90 Å². The highest BCUT2D eigenvalue weighted by Gasteiger charge is 2.22. The molecule has 0 atom stereocenters. The quantitative estimate of drug-likeness (QED) is 0.376. The van der Waals surface area contributed by atoms with Gasteiger partial charge in [-0.3, -0.25) is 4.57 Å². The Balaban J connectivity index is 1.30. The normalized spacial score (nSPS) is 14.1. The number of carbonyl (C=O) groups excluding carboxylic acids is 1. The summed E-state index contributed by atoms with van der Waals surface area (Å²) in [6.45, 7) is 5.49. The van der Waals surface area contributed by atoms with Crippen LogP contribution in [0.4, 0.5) is 10.5 Å². The van der Waals surface area contributed by atoms with E-state index in [1.165, 1.54) is 0 Å². The molecule has 1 aliphatic heterocycles. The molecule has 1 saturated heterocycles. The number of ether oxygens (including phenoxy) is 1. The van der Waals surface area contributed by atoms with Gasteiger partial charge in [-0.1, -0.05) is 25.5 Å². The van der Waals surface area contributed by atoms with Crippen LogP contribution >= 0.6 is 0 Å². The van der Waals surface area contributed by atoms with Crippen molar-refractivity contribution in [3.63, 3.8) is 0 Å². The van der Waals surface area contributed by atoms with Crippen LogP contribution in [-0.4, -0.2) is 53.3 Å². The third-order valence-corrected chi connectivity index (χ3v) is 6.14. The molecule has 3 heterocycles. The fourth-order valence-corrected chi connectivity index (χ4v) is 4.21. The zero-order valence-electron chi connectivity index (χ0n) is 18.8. The number of amides is 1. The van der Waals surface area contributed by atoms with E-state index in [4.69, 9.17) is 9.15 Å². The monoisotopic (exact) mass is 444 g/mol. The van der Waals surface area contributed by atoms with Crippen molar-refractivity contribution in [3.05, 3.63) is 67.4 Å². The lowest BCUT2D eigenvalue weighted by Gasteiger charge is -2.35. The Morgan fingerprint density at radius 2 is 1.88 bits per heavy atom. The molecule has 0 saturated carbocycles. The summed E-state index contributed by atoms with van der Waals surface area (Å²) in [7, 11) is 0. The van der Waals surface area contributed by atoms with Crippen molar-refractivity contribution in [2.45, 2.75) is 19.8 Å². The minimum atomic E-state index is -0.198. The van der Waals surface area contributed by atoms with E-state index in [-0.39, 0.29) is 6.09 Å². The van der Waals surface area contributed by atoms with E-state index < -0.39 is 0 Å². The molecule has 0 spiro atoms. The average Bonchev–Trinajstić information content (AvgIpc) is 3.54. The van der Waals surface area contributed by atoms with E-state index in [9.17, 15) is 4.79 Å².